The standard InChI is InChI=1S/C15H12N6O5S4/c16-14-18-6(3-28-14)9(22)10(23)19-7-11(24)21-8(13(25)26)5(1-27-12(7)21)2-29-15-20-17-4-30-15/h3-4,7,12H,1-2H2,(H2,16,18)(H,19,23)(H,25,26)/t7?,12-/m0/s1. The normalized spacial score (nSPS) is 20.5. The highest BCUT2D eigenvalue weighted by Gasteiger charge is 2.54. The first-order chi connectivity index (χ1) is 14.4. The zero-order valence-electron chi connectivity index (χ0n) is 14.8. The van der Waals surface area contributed by atoms with Crippen molar-refractivity contribution in [1.29, 1.82) is 0 Å². The van der Waals surface area contributed by atoms with Crippen molar-refractivity contribution in [3.05, 3.63) is 27.9 Å². The average molecular weight is 485 g/mol. The number of nitrogens with zero attached hydrogens (tertiary/aromatic N) is 4. The molecule has 2 aliphatic rings. The molecule has 30 heavy (non-hydrogen) atoms. The number of nitrogens with one attached hydrogen (secondary N) is 1. The summed E-state index contributed by atoms with van der Waals surface area (Å²) in [6.07, 6.45) is 0. The van der Waals surface area contributed by atoms with Gasteiger partial charge in [-0.05, 0) is 5.57 Å². The molecule has 2 atom stereocenters. The second kappa shape index (κ2) is 8.33. The Kier molecular flexibility index (Phi) is 5.77. The van der Waals surface area contributed by atoms with Gasteiger partial charge in [0.15, 0.2) is 9.47 Å². The van der Waals surface area contributed by atoms with Gasteiger partial charge < -0.3 is 16.2 Å². The quantitative estimate of drug-likeness (QED) is 0.214. The van der Waals surface area contributed by atoms with E-state index in [9.17, 15) is 24.3 Å². The second-order valence-corrected chi connectivity index (χ2v) is 10.1. The predicted octanol–water partition coefficient (Wildman–Crippen LogP) is 0.290. The lowest BCUT2D eigenvalue weighted by Gasteiger charge is -2.49. The number of hydrogen-bond donors (Lipinski definition) is 3. The minimum Gasteiger partial charge on any atom is -0.477 e. The van der Waals surface area contributed by atoms with Crippen LogP contribution in [0.25, 0.3) is 0 Å². The maximum absolute atomic E-state index is 12.6. The lowest BCUT2D eigenvalue weighted by molar-refractivity contribution is -0.150. The van der Waals surface area contributed by atoms with E-state index < -0.39 is 35.0 Å². The van der Waals surface area contributed by atoms with E-state index in [1.807, 2.05) is 0 Å². The minimum atomic E-state index is -1.22. The van der Waals surface area contributed by atoms with Crippen LogP contribution in [0.15, 0.2) is 26.5 Å². The summed E-state index contributed by atoms with van der Waals surface area (Å²) in [5, 5.41) is 20.6. The topological polar surface area (TPSA) is 168 Å². The van der Waals surface area contributed by atoms with Gasteiger partial charge in [0.05, 0.1) is 0 Å². The number of hydrogen-bond acceptors (Lipinski definition) is 12. The van der Waals surface area contributed by atoms with Crippen molar-refractivity contribution in [1.82, 2.24) is 25.4 Å². The van der Waals surface area contributed by atoms with E-state index in [0.29, 0.717) is 21.4 Å². The predicted molar refractivity (Wildman–Crippen MR) is 111 cm³/mol. The summed E-state index contributed by atoms with van der Waals surface area (Å²) in [7, 11) is 0. The van der Waals surface area contributed by atoms with E-state index in [1.165, 1.54) is 40.2 Å². The summed E-state index contributed by atoms with van der Waals surface area (Å²) in [6, 6.07) is -0.992. The van der Waals surface area contributed by atoms with Crippen LogP contribution >= 0.6 is 46.2 Å². The molecule has 2 aromatic rings. The Balaban J connectivity index is 1.46. The van der Waals surface area contributed by atoms with Crippen LogP contribution in [0.5, 0.6) is 0 Å². The first-order valence-electron chi connectivity index (χ1n) is 8.22. The van der Waals surface area contributed by atoms with Gasteiger partial charge in [0.25, 0.3) is 17.6 Å². The minimum absolute atomic E-state index is 0.0927. The highest BCUT2D eigenvalue weighted by Crippen LogP contribution is 2.41. The van der Waals surface area contributed by atoms with Gasteiger partial charge in [-0.3, -0.25) is 19.3 Å². The molecule has 2 aliphatic heterocycles. The lowest BCUT2D eigenvalue weighted by atomic mass is 10.0. The zero-order chi connectivity index (χ0) is 21.4. The van der Waals surface area contributed by atoms with Crippen molar-refractivity contribution in [2.75, 3.05) is 17.2 Å². The van der Waals surface area contributed by atoms with Crippen molar-refractivity contribution in [3.8, 4) is 0 Å². The molecule has 11 nitrogen and oxygen atoms in total. The largest absolute Gasteiger partial charge is 0.477 e. The highest BCUT2D eigenvalue weighted by molar-refractivity contribution is 8.01. The fourth-order valence-corrected chi connectivity index (χ4v) is 6.40. The van der Waals surface area contributed by atoms with Gasteiger partial charge >= 0.3 is 5.97 Å². The molecule has 4 heterocycles. The van der Waals surface area contributed by atoms with E-state index in [2.05, 4.69) is 20.5 Å². The highest BCUT2D eigenvalue weighted by atomic mass is 32.2. The van der Waals surface area contributed by atoms with Crippen molar-refractivity contribution < 1.29 is 24.3 Å². The first kappa shape index (κ1) is 20.8. The van der Waals surface area contributed by atoms with Gasteiger partial charge in [0, 0.05) is 16.9 Å². The number of carbonyl (C=O) groups excluding carboxylic acids is 3. The average Bonchev–Trinajstić information content (AvgIpc) is 3.40. The van der Waals surface area contributed by atoms with Gasteiger partial charge in [-0.25, -0.2) is 9.78 Å². The molecule has 0 bridgehead atoms. The smallest absolute Gasteiger partial charge is 0.352 e. The van der Waals surface area contributed by atoms with E-state index in [1.54, 1.807) is 5.51 Å². The Hall–Kier alpha value is -2.49. The number of carboxylic acids is 1. The van der Waals surface area contributed by atoms with Crippen molar-refractivity contribution >= 4 is 74.9 Å². The number of carboxylic acid groups (broad SMARTS) is 1. The first-order valence-corrected chi connectivity index (χ1v) is 12.0. The van der Waals surface area contributed by atoms with Crippen LogP contribution in [-0.4, -0.2) is 71.7 Å². The second-order valence-electron chi connectivity index (χ2n) is 6.01. The maximum Gasteiger partial charge on any atom is 0.352 e. The SMILES string of the molecule is Nc1nc(C(=O)C(=O)NC2C(=O)N3C(C(=O)O)=C(CSc4nncs4)CS[C@@H]23)cs1. The molecule has 156 valence electrons. The molecule has 1 fully saturated rings. The number of nitrogens with two attached hydrogens (primary N) is 1. The monoisotopic (exact) mass is 484 g/mol. The maximum atomic E-state index is 12.6. The zero-order valence-corrected chi connectivity index (χ0v) is 18.1. The number of rotatable bonds is 7. The fraction of sp³-hybridized carbons (Fsp3) is 0.267. The van der Waals surface area contributed by atoms with Gasteiger partial charge in [-0.15, -0.1) is 33.3 Å². The summed E-state index contributed by atoms with van der Waals surface area (Å²) in [5.41, 5.74) is 7.43. The third-order valence-electron chi connectivity index (χ3n) is 4.21. The number of carbonyl (C=O) groups is 4. The number of aromatic nitrogens is 3. The third kappa shape index (κ3) is 3.80. The van der Waals surface area contributed by atoms with Crippen LogP contribution in [0, 0.1) is 0 Å². The summed E-state index contributed by atoms with van der Waals surface area (Å²) < 4.78 is 0.695. The van der Waals surface area contributed by atoms with Crippen LogP contribution in [0.2, 0.25) is 0 Å². The van der Waals surface area contributed by atoms with E-state index in [4.69, 9.17) is 5.73 Å². The van der Waals surface area contributed by atoms with E-state index in [-0.39, 0.29) is 16.5 Å². The van der Waals surface area contributed by atoms with Crippen LogP contribution in [-0.2, 0) is 14.4 Å². The Labute approximate surface area is 185 Å². The molecule has 0 saturated carbocycles. The number of β-lactam (4-membered cyclic amide) rings is 1. The van der Waals surface area contributed by atoms with Gasteiger partial charge in [-0.1, -0.05) is 23.1 Å². The van der Waals surface area contributed by atoms with E-state index >= 15 is 0 Å². The summed E-state index contributed by atoms with van der Waals surface area (Å²) in [6.45, 7) is 0. The molecule has 0 aliphatic carbocycles. The van der Waals surface area contributed by atoms with Gasteiger partial charge in [-0.2, -0.15) is 0 Å². The molecule has 4 N–H and O–H groups in total. The summed E-state index contributed by atoms with van der Waals surface area (Å²) in [4.78, 5) is 53.7. The van der Waals surface area contributed by atoms with Crippen molar-refractivity contribution in [2.24, 2.45) is 0 Å². The molecule has 0 spiro atoms. The van der Waals surface area contributed by atoms with Crippen molar-refractivity contribution in [3.63, 3.8) is 0 Å². The Morgan fingerprint density at radius 2 is 2.17 bits per heavy atom. The number of ketones is 1. The molecule has 1 unspecified atom stereocenters. The van der Waals surface area contributed by atoms with E-state index in [0.717, 1.165) is 16.2 Å². The number of anilines is 1. The van der Waals surface area contributed by atoms with Crippen LogP contribution < -0.4 is 11.1 Å². The van der Waals surface area contributed by atoms with Crippen LogP contribution in [0.3, 0.4) is 0 Å². The van der Waals surface area contributed by atoms with Crippen molar-refractivity contribution in [2.45, 2.75) is 15.8 Å². The molecule has 2 aromatic heterocycles. The molecule has 4 rings (SSSR count). The number of Topliss-reactive ketones (excluding diaryl/α,β-unsaturated/α-hetero) is 1. The molecule has 0 radical (unpaired) electrons. The number of amides is 2. The molecule has 0 aromatic carbocycles. The van der Waals surface area contributed by atoms with Crippen LogP contribution in [0.1, 0.15) is 10.5 Å². The number of thiazole rings is 1. The summed E-state index contributed by atoms with van der Waals surface area (Å²) >= 11 is 5.02. The third-order valence-corrected chi connectivity index (χ3v) is 8.17. The summed E-state index contributed by atoms with van der Waals surface area (Å²) in [5.74, 6) is -2.98. The fourth-order valence-electron chi connectivity index (χ4n) is 2.88. The molecule has 2 amide bonds. The van der Waals surface area contributed by atoms with Crippen LogP contribution in [0.4, 0.5) is 5.13 Å². The number of thioether (sulfide) groups is 2. The number of aliphatic carboxylic acids is 1. The molecular weight excluding hydrogens is 472 g/mol. The Bertz CT molecular complexity index is 1070. The molecule has 1 saturated heterocycles. The van der Waals surface area contributed by atoms with Gasteiger partial charge in [0.2, 0.25) is 0 Å². The molecule has 15 heteroatoms. The lowest BCUT2D eigenvalue weighted by Crippen LogP contribution is -2.71. The number of nitrogen functional groups attached to an aromatic ring is 1. The Morgan fingerprint density at radius 3 is 2.80 bits per heavy atom. The Morgan fingerprint density at radius 1 is 1.37 bits per heavy atom. The van der Waals surface area contributed by atoms with Gasteiger partial charge in [0.1, 0.15) is 28.3 Å². The molecular formula is C15H12N6O5S4. The number of fused-ring (bicyclic) bond motifs is 1.